The molecule has 0 unspecified atom stereocenters. The van der Waals surface area contributed by atoms with Crippen molar-refractivity contribution in [3.63, 3.8) is 0 Å². The molecule has 0 aromatic heterocycles. The van der Waals surface area contributed by atoms with Crippen LogP contribution in [0.2, 0.25) is 0 Å². The van der Waals surface area contributed by atoms with Crippen molar-refractivity contribution in [1.82, 2.24) is 30.9 Å². The van der Waals surface area contributed by atoms with Crippen molar-refractivity contribution in [3.8, 4) is 0 Å². The third-order valence-corrected chi connectivity index (χ3v) is 7.33. The maximum atomic E-state index is 13.5. The number of nitrogens with zero attached hydrogens (tertiary/aromatic N) is 3. The number of hydrazine groups is 1. The number of carbonyl (C=O) groups is 6. The average molecular weight is 638 g/mol. The van der Waals surface area contributed by atoms with Gasteiger partial charge in [-0.15, -0.1) is 0 Å². The van der Waals surface area contributed by atoms with Gasteiger partial charge in [0, 0.05) is 26.2 Å². The first-order valence-corrected chi connectivity index (χ1v) is 14.9. The summed E-state index contributed by atoms with van der Waals surface area (Å²) in [5, 5.41) is 5.70. The molecule has 0 radical (unpaired) electrons. The first-order chi connectivity index (χ1) is 22.0. The number of primary amides is 1. The van der Waals surface area contributed by atoms with E-state index < -0.39 is 66.4 Å². The molecule has 2 aliphatic rings. The summed E-state index contributed by atoms with van der Waals surface area (Å²) in [4.78, 5) is 79.7. The molecular weight excluding hydrogens is 598 g/mol. The zero-order chi connectivity index (χ0) is 33.2. The number of epoxide rings is 1. The molecule has 0 spiro atoms. The van der Waals surface area contributed by atoms with E-state index in [0.717, 1.165) is 11.1 Å². The predicted molar refractivity (Wildman–Crippen MR) is 163 cm³/mol. The van der Waals surface area contributed by atoms with E-state index >= 15 is 0 Å². The van der Waals surface area contributed by atoms with Crippen LogP contribution in [-0.4, -0.2) is 108 Å². The van der Waals surface area contributed by atoms with E-state index in [1.807, 2.05) is 60.7 Å². The first kappa shape index (κ1) is 33.9. The Morgan fingerprint density at radius 2 is 1.33 bits per heavy atom. The minimum Gasteiger partial charge on any atom is -0.378 e. The molecule has 46 heavy (non-hydrogen) atoms. The number of ether oxygens (including phenoxy) is 2. The number of morpholine rings is 1. The molecule has 2 fully saturated rings. The minimum atomic E-state index is -1.26. The SMILES string of the molecule is C[C@H](NC(=O)[C@@H](C)NC(=O)N1CCOCC1)C(=O)NN(CC(N)=O)C(=O)[C@H]1O[C@H]1C(=O)N(Cc1ccccc1)Cc1ccccc1. The van der Waals surface area contributed by atoms with Gasteiger partial charge in [-0.25, -0.2) is 9.80 Å². The monoisotopic (exact) mass is 637 g/mol. The fourth-order valence-electron chi connectivity index (χ4n) is 4.71. The quantitative estimate of drug-likeness (QED) is 0.173. The van der Waals surface area contributed by atoms with Crippen LogP contribution in [0.5, 0.6) is 0 Å². The number of carbonyl (C=O) groups excluding carboxylic acids is 6. The van der Waals surface area contributed by atoms with Gasteiger partial charge in [0.25, 0.3) is 17.7 Å². The fourth-order valence-corrected chi connectivity index (χ4v) is 4.71. The summed E-state index contributed by atoms with van der Waals surface area (Å²) in [6, 6.07) is 16.1. The van der Waals surface area contributed by atoms with Crippen molar-refractivity contribution < 1.29 is 38.2 Å². The lowest BCUT2D eigenvalue weighted by Gasteiger charge is -2.28. The molecular formula is C31H39N7O8. The smallest absolute Gasteiger partial charge is 0.318 e. The van der Waals surface area contributed by atoms with Crippen LogP contribution in [0.3, 0.4) is 0 Å². The molecule has 5 N–H and O–H groups in total. The average Bonchev–Trinajstić information content (AvgIpc) is 3.85. The molecule has 15 heteroatoms. The van der Waals surface area contributed by atoms with Crippen LogP contribution < -0.4 is 21.8 Å². The molecule has 4 atom stereocenters. The van der Waals surface area contributed by atoms with Gasteiger partial charge in [0.2, 0.25) is 11.8 Å². The van der Waals surface area contributed by atoms with E-state index in [2.05, 4.69) is 16.1 Å². The lowest BCUT2D eigenvalue weighted by atomic mass is 10.1. The Morgan fingerprint density at radius 3 is 1.87 bits per heavy atom. The Balaban J connectivity index is 1.35. The van der Waals surface area contributed by atoms with Gasteiger partial charge in [-0.1, -0.05) is 60.7 Å². The van der Waals surface area contributed by atoms with Crippen molar-refractivity contribution in [2.75, 3.05) is 32.8 Å². The summed E-state index contributed by atoms with van der Waals surface area (Å²) >= 11 is 0. The highest BCUT2D eigenvalue weighted by atomic mass is 16.6. The summed E-state index contributed by atoms with van der Waals surface area (Å²) < 4.78 is 10.7. The number of hydrogen-bond donors (Lipinski definition) is 4. The lowest BCUT2D eigenvalue weighted by Crippen LogP contribution is -2.58. The molecule has 15 nitrogen and oxygen atoms in total. The number of nitrogens with one attached hydrogen (secondary N) is 3. The number of urea groups is 1. The maximum Gasteiger partial charge on any atom is 0.318 e. The van der Waals surface area contributed by atoms with E-state index in [9.17, 15) is 28.8 Å². The lowest BCUT2D eigenvalue weighted by molar-refractivity contribution is -0.145. The highest BCUT2D eigenvalue weighted by molar-refractivity contribution is 5.98. The van der Waals surface area contributed by atoms with Crippen LogP contribution in [0.4, 0.5) is 4.79 Å². The van der Waals surface area contributed by atoms with Gasteiger partial charge >= 0.3 is 6.03 Å². The Bertz CT molecular complexity index is 1360. The Morgan fingerprint density at radius 1 is 0.804 bits per heavy atom. The molecule has 2 heterocycles. The Labute approximate surface area is 266 Å². The van der Waals surface area contributed by atoms with Gasteiger partial charge in [-0.05, 0) is 25.0 Å². The molecule has 4 rings (SSSR count). The van der Waals surface area contributed by atoms with Crippen molar-refractivity contribution >= 4 is 35.6 Å². The van der Waals surface area contributed by atoms with Crippen molar-refractivity contribution in [3.05, 3.63) is 71.8 Å². The van der Waals surface area contributed by atoms with E-state index in [0.29, 0.717) is 31.3 Å². The summed E-state index contributed by atoms with van der Waals surface area (Å²) in [6.07, 6.45) is -2.40. The molecule has 0 saturated carbocycles. The molecule has 2 aliphatic heterocycles. The summed E-state index contributed by atoms with van der Waals surface area (Å²) in [5.41, 5.74) is 9.37. The summed E-state index contributed by atoms with van der Waals surface area (Å²) in [7, 11) is 0. The summed E-state index contributed by atoms with van der Waals surface area (Å²) in [6.45, 7) is 4.21. The number of nitrogens with two attached hydrogens (primary N) is 1. The second-order valence-corrected chi connectivity index (χ2v) is 11.0. The Hall–Kier alpha value is -5.02. The zero-order valence-electron chi connectivity index (χ0n) is 25.7. The van der Waals surface area contributed by atoms with Crippen LogP contribution in [0.25, 0.3) is 0 Å². The van der Waals surface area contributed by atoms with Crippen molar-refractivity contribution in [2.45, 2.75) is 51.2 Å². The third kappa shape index (κ3) is 9.49. The number of rotatable bonds is 12. The second kappa shape index (κ2) is 15.8. The topological polar surface area (TPSA) is 196 Å². The normalized spacial score (nSPS) is 18.3. The van der Waals surface area contributed by atoms with E-state index in [-0.39, 0.29) is 13.1 Å². The van der Waals surface area contributed by atoms with E-state index in [4.69, 9.17) is 15.2 Å². The van der Waals surface area contributed by atoms with Gasteiger partial charge in [-0.2, -0.15) is 0 Å². The molecule has 7 amide bonds. The molecule has 0 aliphatic carbocycles. The van der Waals surface area contributed by atoms with Crippen LogP contribution in [0.15, 0.2) is 60.7 Å². The predicted octanol–water partition coefficient (Wildman–Crippen LogP) is -0.737. The molecule has 246 valence electrons. The van der Waals surface area contributed by atoms with Crippen molar-refractivity contribution in [2.24, 2.45) is 5.73 Å². The second-order valence-electron chi connectivity index (χ2n) is 11.0. The van der Waals surface area contributed by atoms with Gasteiger partial charge in [-0.3, -0.25) is 29.4 Å². The minimum absolute atomic E-state index is 0.264. The van der Waals surface area contributed by atoms with Crippen molar-refractivity contribution in [1.29, 1.82) is 0 Å². The highest BCUT2D eigenvalue weighted by Crippen LogP contribution is 2.27. The Kier molecular flexibility index (Phi) is 11.6. The highest BCUT2D eigenvalue weighted by Gasteiger charge is 2.53. The van der Waals surface area contributed by atoms with Crippen LogP contribution >= 0.6 is 0 Å². The van der Waals surface area contributed by atoms with Gasteiger partial charge in [0.1, 0.15) is 18.6 Å². The van der Waals surface area contributed by atoms with E-state index in [1.165, 1.54) is 18.7 Å². The van der Waals surface area contributed by atoms with Gasteiger partial charge in [0.05, 0.1) is 13.2 Å². The molecule has 2 aromatic carbocycles. The summed E-state index contributed by atoms with van der Waals surface area (Å²) in [5.74, 6) is -3.71. The largest absolute Gasteiger partial charge is 0.378 e. The molecule has 0 bridgehead atoms. The van der Waals surface area contributed by atoms with Crippen LogP contribution in [0.1, 0.15) is 25.0 Å². The maximum absolute atomic E-state index is 13.5. The molecule has 2 saturated heterocycles. The number of hydrogen-bond acceptors (Lipinski definition) is 8. The molecule has 2 aromatic rings. The van der Waals surface area contributed by atoms with Gasteiger partial charge in [0.15, 0.2) is 12.2 Å². The number of benzene rings is 2. The first-order valence-electron chi connectivity index (χ1n) is 14.9. The van der Waals surface area contributed by atoms with Crippen LogP contribution in [0, 0.1) is 0 Å². The standard InChI is InChI=1S/C31H39N7O8/c1-20(34-31(44)36-13-15-45-16-14-36)27(40)33-21(2)28(41)35-38(19-24(32)39)30(43)26-25(46-26)29(42)37(17-22-9-5-3-6-10-22)18-23-11-7-4-8-12-23/h3-12,20-21,25-26H,13-19H2,1-2H3,(H2,32,39)(H,33,40)(H,34,44)(H,35,41)/t20-,21+,25-,26+/m1/s1. The van der Waals surface area contributed by atoms with Gasteiger partial charge < -0.3 is 35.6 Å². The third-order valence-electron chi connectivity index (χ3n) is 7.33. The number of amides is 7. The zero-order valence-corrected chi connectivity index (χ0v) is 25.7. The fraction of sp³-hybridized carbons (Fsp3) is 0.419. The van der Waals surface area contributed by atoms with E-state index in [1.54, 1.807) is 4.90 Å². The van der Waals surface area contributed by atoms with Crippen LogP contribution in [-0.2, 0) is 46.5 Å².